The van der Waals surface area contributed by atoms with Gasteiger partial charge in [-0.2, -0.15) is 0 Å². The summed E-state index contributed by atoms with van der Waals surface area (Å²) in [5.41, 5.74) is 5.00. The molecule has 1 saturated carbocycles. The lowest BCUT2D eigenvalue weighted by Crippen LogP contribution is -2.58. The Bertz CT molecular complexity index is 1150. The second-order valence-electron chi connectivity index (χ2n) is 11.3. The molecule has 0 radical (unpaired) electrons. The summed E-state index contributed by atoms with van der Waals surface area (Å²) in [6.45, 7) is 3.92. The second-order valence-corrected chi connectivity index (χ2v) is 11.3. The highest BCUT2D eigenvalue weighted by atomic mass is 16.7. The summed E-state index contributed by atoms with van der Waals surface area (Å²) in [7, 11) is 1.92. The van der Waals surface area contributed by atoms with Crippen molar-refractivity contribution in [1.29, 1.82) is 0 Å². The maximum absolute atomic E-state index is 13.3. The Morgan fingerprint density at radius 3 is 2.65 bits per heavy atom. The van der Waals surface area contributed by atoms with Crippen molar-refractivity contribution in [2.24, 2.45) is 5.92 Å². The largest absolute Gasteiger partial charge is 0.454 e. The van der Waals surface area contributed by atoms with Crippen molar-refractivity contribution in [3.05, 3.63) is 47.5 Å². The molecule has 3 aliphatic heterocycles. The Kier molecular flexibility index (Phi) is 6.76. The fraction of sp³-hybridized carbons (Fsp3) is 0.567. The zero-order chi connectivity index (χ0) is 25.5. The van der Waals surface area contributed by atoms with E-state index in [9.17, 15) is 9.90 Å². The monoisotopic (exact) mass is 505 g/mol. The third-order valence-corrected chi connectivity index (χ3v) is 9.09. The van der Waals surface area contributed by atoms with E-state index in [4.69, 9.17) is 9.47 Å². The molecule has 7 nitrogen and oxygen atoms in total. The number of carbonyl (C=O) groups is 1. The molecule has 4 atom stereocenters. The summed E-state index contributed by atoms with van der Waals surface area (Å²) >= 11 is 0. The van der Waals surface area contributed by atoms with Crippen molar-refractivity contribution in [3.63, 3.8) is 0 Å². The topological polar surface area (TPSA) is 74.3 Å². The number of nitrogens with zero attached hydrogens (tertiary/aromatic N) is 2. The van der Waals surface area contributed by atoms with Gasteiger partial charge in [0.2, 0.25) is 6.79 Å². The molecule has 4 aliphatic rings. The molecule has 0 spiro atoms. The average Bonchev–Trinajstić information content (AvgIpc) is 3.40. The minimum Gasteiger partial charge on any atom is -0.454 e. The van der Waals surface area contributed by atoms with Crippen LogP contribution in [0.25, 0.3) is 11.1 Å². The molecule has 3 heterocycles. The summed E-state index contributed by atoms with van der Waals surface area (Å²) in [4.78, 5) is 17.7. The van der Waals surface area contributed by atoms with Gasteiger partial charge in [-0.1, -0.05) is 37.5 Å². The van der Waals surface area contributed by atoms with Gasteiger partial charge in [-0.15, -0.1) is 0 Å². The van der Waals surface area contributed by atoms with Crippen LogP contribution >= 0.6 is 0 Å². The van der Waals surface area contributed by atoms with Gasteiger partial charge >= 0.3 is 6.03 Å². The number of aliphatic hydroxyl groups excluding tert-OH is 1. The molecule has 2 aromatic rings. The first kappa shape index (κ1) is 24.6. The molecule has 2 fully saturated rings. The van der Waals surface area contributed by atoms with Crippen molar-refractivity contribution in [2.75, 3.05) is 26.9 Å². The minimum atomic E-state index is -0.475. The van der Waals surface area contributed by atoms with Gasteiger partial charge in [-0.25, -0.2) is 4.79 Å². The van der Waals surface area contributed by atoms with Crippen LogP contribution in [0.2, 0.25) is 0 Å². The molecule has 0 bridgehead atoms. The van der Waals surface area contributed by atoms with Gasteiger partial charge in [-0.3, -0.25) is 4.90 Å². The van der Waals surface area contributed by atoms with Crippen molar-refractivity contribution >= 4 is 6.03 Å². The molecule has 2 aromatic carbocycles. The van der Waals surface area contributed by atoms with Crippen LogP contribution in [0, 0.1) is 5.92 Å². The smallest absolute Gasteiger partial charge is 0.317 e. The first-order valence-electron chi connectivity index (χ1n) is 14.0. The first-order chi connectivity index (χ1) is 18.0. The molecular formula is C30H39N3O4. The van der Waals surface area contributed by atoms with Crippen LogP contribution < -0.4 is 14.8 Å². The molecular weight excluding hydrogens is 466 g/mol. The number of nitrogens with one attached hydrogen (secondary N) is 1. The highest BCUT2D eigenvalue weighted by Crippen LogP contribution is 2.43. The van der Waals surface area contributed by atoms with Crippen molar-refractivity contribution in [1.82, 2.24) is 15.1 Å². The summed E-state index contributed by atoms with van der Waals surface area (Å²) in [6.07, 6.45) is 7.12. The Morgan fingerprint density at radius 2 is 1.84 bits per heavy atom. The number of carbonyl (C=O) groups excluding carboxylic acids is 1. The standard InChI is InChI=1S/C30H39N3O4/c1-19(34)25-17-33-13-12-20-8-9-21(22-10-11-28-29(15-22)37-18-36-28)14-24(20)27(33)16-26(25)32(2)30(35)31-23-6-4-3-5-7-23/h8-11,14-15,19,23,25-27,34H,3-7,12-13,16-18H2,1-2H3,(H,31,35)/t19-,25-,26-,27-/m0/s1. The van der Waals surface area contributed by atoms with Crippen molar-refractivity contribution in [3.8, 4) is 22.6 Å². The van der Waals surface area contributed by atoms with Gasteiger partial charge in [0.15, 0.2) is 11.5 Å². The SMILES string of the molecule is C[C@H](O)[C@@H]1CN2CCc3ccc(-c4ccc5c(c4)OCO5)cc3[C@@H]2C[C@@H]1N(C)C(=O)NC1CCCCC1. The fourth-order valence-electron chi connectivity index (χ4n) is 6.89. The predicted molar refractivity (Wildman–Crippen MR) is 143 cm³/mol. The molecule has 1 aliphatic carbocycles. The lowest BCUT2D eigenvalue weighted by molar-refractivity contribution is -0.0185. The van der Waals surface area contributed by atoms with E-state index in [2.05, 4.69) is 40.5 Å². The Morgan fingerprint density at radius 1 is 1.08 bits per heavy atom. The lowest BCUT2D eigenvalue weighted by Gasteiger charge is -2.50. The summed E-state index contributed by atoms with van der Waals surface area (Å²) in [5, 5.41) is 14.0. The maximum atomic E-state index is 13.3. The first-order valence-corrected chi connectivity index (χ1v) is 14.0. The molecule has 37 heavy (non-hydrogen) atoms. The number of urea groups is 1. The Labute approximate surface area is 219 Å². The van der Waals surface area contributed by atoms with E-state index in [0.717, 1.165) is 61.4 Å². The highest BCUT2D eigenvalue weighted by Gasteiger charge is 2.43. The van der Waals surface area contributed by atoms with Gasteiger partial charge in [0, 0.05) is 44.2 Å². The zero-order valence-electron chi connectivity index (χ0n) is 22.0. The maximum Gasteiger partial charge on any atom is 0.317 e. The van der Waals surface area contributed by atoms with E-state index in [1.807, 2.05) is 24.9 Å². The second kappa shape index (κ2) is 10.2. The van der Waals surface area contributed by atoms with Gasteiger partial charge in [0.05, 0.1) is 6.10 Å². The molecule has 6 rings (SSSR count). The third-order valence-electron chi connectivity index (χ3n) is 9.09. The lowest BCUT2D eigenvalue weighted by atomic mass is 9.77. The van der Waals surface area contributed by atoms with E-state index < -0.39 is 6.10 Å². The molecule has 1 saturated heterocycles. The van der Waals surface area contributed by atoms with Crippen LogP contribution in [0.5, 0.6) is 11.5 Å². The number of amides is 2. The molecule has 198 valence electrons. The number of aliphatic hydroxyl groups is 1. The van der Waals surface area contributed by atoms with Gasteiger partial charge in [0.25, 0.3) is 0 Å². The third kappa shape index (κ3) is 4.79. The average molecular weight is 506 g/mol. The number of hydrogen-bond donors (Lipinski definition) is 2. The van der Waals surface area contributed by atoms with E-state index in [0.29, 0.717) is 0 Å². The summed E-state index contributed by atoms with van der Waals surface area (Å²) in [5.74, 6) is 1.61. The van der Waals surface area contributed by atoms with Crippen molar-refractivity contribution in [2.45, 2.75) is 76.1 Å². The van der Waals surface area contributed by atoms with Crippen LogP contribution in [0.4, 0.5) is 4.79 Å². The van der Waals surface area contributed by atoms with E-state index in [-0.39, 0.29) is 36.9 Å². The number of piperidine rings is 1. The quantitative estimate of drug-likeness (QED) is 0.629. The predicted octanol–water partition coefficient (Wildman–Crippen LogP) is 4.72. The van der Waals surface area contributed by atoms with Gasteiger partial charge in [0.1, 0.15) is 0 Å². The van der Waals surface area contributed by atoms with Gasteiger partial charge < -0.3 is 24.8 Å². The number of benzene rings is 2. The van der Waals surface area contributed by atoms with E-state index >= 15 is 0 Å². The normalized spacial score (nSPS) is 26.2. The van der Waals surface area contributed by atoms with Crippen molar-refractivity contribution < 1.29 is 19.4 Å². The molecule has 0 aromatic heterocycles. The highest BCUT2D eigenvalue weighted by molar-refractivity contribution is 5.74. The summed E-state index contributed by atoms with van der Waals surface area (Å²) < 4.78 is 11.1. The van der Waals surface area contributed by atoms with Crippen LogP contribution in [0.3, 0.4) is 0 Å². The zero-order valence-corrected chi connectivity index (χ0v) is 22.0. The van der Waals surface area contributed by atoms with Crippen LogP contribution in [0.15, 0.2) is 36.4 Å². The number of fused-ring (bicyclic) bond motifs is 4. The minimum absolute atomic E-state index is 0.00106. The number of ether oxygens (including phenoxy) is 2. The molecule has 7 heteroatoms. The Hall–Kier alpha value is -2.77. The van der Waals surface area contributed by atoms with Crippen LogP contribution in [0.1, 0.15) is 62.6 Å². The van der Waals surface area contributed by atoms with E-state index in [1.54, 1.807) is 0 Å². The molecule has 2 amide bonds. The molecule has 2 N–H and O–H groups in total. The van der Waals surface area contributed by atoms with E-state index in [1.165, 1.54) is 30.4 Å². The fourth-order valence-corrected chi connectivity index (χ4v) is 6.89. The van der Waals surface area contributed by atoms with Crippen LogP contribution in [-0.4, -0.2) is 66.1 Å². The van der Waals surface area contributed by atoms with Crippen LogP contribution in [-0.2, 0) is 6.42 Å². The molecule has 0 unspecified atom stereocenters. The number of rotatable bonds is 4. The number of hydrogen-bond acceptors (Lipinski definition) is 5. The Balaban J connectivity index is 1.26. The summed E-state index contributed by atoms with van der Waals surface area (Å²) in [6, 6.07) is 13.4. The van der Waals surface area contributed by atoms with Gasteiger partial charge in [-0.05, 0) is 73.1 Å².